The van der Waals surface area contributed by atoms with E-state index in [1.54, 1.807) is 0 Å². The molecule has 0 amide bonds. The molecule has 0 fully saturated rings. The zero-order chi connectivity index (χ0) is 13.6. The van der Waals surface area contributed by atoms with Crippen LogP contribution in [0.2, 0.25) is 0 Å². The van der Waals surface area contributed by atoms with Crippen LogP contribution in [-0.4, -0.2) is 5.11 Å². The molecule has 1 unspecified atom stereocenters. The average Bonchev–Trinajstić information content (AvgIpc) is 2.43. The Bertz CT molecular complexity index is 385. The van der Waals surface area contributed by atoms with Gasteiger partial charge in [0.15, 0.2) is 0 Å². The summed E-state index contributed by atoms with van der Waals surface area (Å²) in [6.07, 6.45) is 11.9. The van der Waals surface area contributed by atoms with E-state index in [1.165, 1.54) is 43.2 Å². The summed E-state index contributed by atoms with van der Waals surface area (Å²) in [6.45, 7) is 2.25. The molecule has 0 aromatic heterocycles. The molecule has 1 aliphatic carbocycles. The van der Waals surface area contributed by atoms with Crippen molar-refractivity contribution in [1.29, 1.82) is 0 Å². The first-order valence-electron chi connectivity index (χ1n) is 8.07. The van der Waals surface area contributed by atoms with Gasteiger partial charge in [-0.15, -0.1) is 0 Å². The van der Waals surface area contributed by atoms with E-state index in [-0.39, 0.29) is 0 Å². The Morgan fingerprint density at radius 2 is 1.79 bits per heavy atom. The van der Waals surface area contributed by atoms with Gasteiger partial charge in [-0.05, 0) is 36.8 Å². The lowest BCUT2D eigenvalue weighted by Gasteiger charge is -2.34. The van der Waals surface area contributed by atoms with Crippen molar-refractivity contribution in [2.45, 2.75) is 76.7 Å². The number of hydrogen-bond donors (Lipinski definition) is 1. The van der Waals surface area contributed by atoms with Crippen LogP contribution < -0.4 is 0 Å². The molecule has 0 saturated carbocycles. The summed E-state index contributed by atoms with van der Waals surface area (Å²) in [4.78, 5) is 0. The summed E-state index contributed by atoms with van der Waals surface area (Å²) in [6, 6.07) is 8.47. The number of fused-ring (bicyclic) bond motifs is 1. The van der Waals surface area contributed by atoms with Gasteiger partial charge in [-0.3, -0.25) is 0 Å². The highest BCUT2D eigenvalue weighted by atomic mass is 16.3. The maximum Gasteiger partial charge on any atom is 0.0899 e. The maximum absolute atomic E-state index is 10.9. The minimum atomic E-state index is -0.542. The molecule has 1 aromatic rings. The van der Waals surface area contributed by atoms with Crippen LogP contribution in [0.4, 0.5) is 0 Å². The van der Waals surface area contributed by atoms with E-state index in [1.807, 2.05) is 0 Å². The molecule has 0 bridgehead atoms. The van der Waals surface area contributed by atoms with Crippen molar-refractivity contribution in [3.05, 3.63) is 35.4 Å². The molecular formula is C18H28O. The molecule has 1 aliphatic rings. The largest absolute Gasteiger partial charge is 0.385 e. The van der Waals surface area contributed by atoms with E-state index in [2.05, 4.69) is 31.2 Å². The molecule has 106 valence electrons. The van der Waals surface area contributed by atoms with E-state index < -0.39 is 5.60 Å². The number of aliphatic hydroxyl groups is 1. The fraction of sp³-hybridized carbons (Fsp3) is 0.667. The van der Waals surface area contributed by atoms with Crippen LogP contribution in [0.3, 0.4) is 0 Å². The van der Waals surface area contributed by atoms with Crippen LogP contribution in [-0.2, 0) is 12.0 Å². The second-order valence-electron chi connectivity index (χ2n) is 6.06. The zero-order valence-electron chi connectivity index (χ0n) is 12.3. The Balaban J connectivity index is 1.86. The summed E-state index contributed by atoms with van der Waals surface area (Å²) in [5.41, 5.74) is 2.02. The van der Waals surface area contributed by atoms with E-state index in [0.29, 0.717) is 0 Å². The van der Waals surface area contributed by atoms with Gasteiger partial charge in [0.1, 0.15) is 0 Å². The summed E-state index contributed by atoms with van der Waals surface area (Å²) < 4.78 is 0. The summed E-state index contributed by atoms with van der Waals surface area (Å²) >= 11 is 0. The predicted molar refractivity (Wildman–Crippen MR) is 81.3 cm³/mol. The van der Waals surface area contributed by atoms with Crippen molar-refractivity contribution in [2.75, 3.05) is 0 Å². The lowest BCUT2D eigenvalue weighted by molar-refractivity contribution is 0.00755. The average molecular weight is 260 g/mol. The highest BCUT2D eigenvalue weighted by Gasteiger charge is 2.33. The van der Waals surface area contributed by atoms with Crippen LogP contribution in [0.25, 0.3) is 0 Å². The van der Waals surface area contributed by atoms with Crippen LogP contribution >= 0.6 is 0 Å². The highest BCUT2D eigenvalue weighted by Crippen LogP contribution is 2.38. The van der Waals surface area contributed by atoms with Crippen LogP contribution in [0.1, 0.15) is 75.8 Å². The topological polar surface area (TPSA) is 20.2 Å². The summed E-state index contributed by atoms with van der Waals surface area (Å²) in [5.74, 6) is 0. The van der Waals surface area contributed by atoms with E-state index in [0.717, 1.165) is 32.1 Å². The minimum Gasteiger partial charge on any atom is -0.385 e. The van der Waals surface area contributed by atoms with Crippen molar-refractivity contribution >= 4 is 0 Å². The van der Waals surface area contributed by atoms with Gasteiger partial charge in [0.2, 0.25) is 0 Å². The first-order valence-corrected chi connectivity index (χ1v) is 8.07. The molecule has 1 N–H and O–H groups in total. The molecule has 0 spiro atoms. The van der Waals surface area contributed by atoms with Gasteiger partial charge >= 0.3 is 0 Å². The van der Waals surface area contributed by atoms with Gasteiger partial charge < -0.3 is 5.11 Å². The summed E-state index contributed by atoms with van der Waals surface area (Å²) in [7, 11) is 0. The molecule has 1 aromatic carbocycles. The molecule has 0 radical (unpaired) electrons. The van der Waals surface area contributed by atoms with E-state index in [4.69, 9.17) is 0 Å². The third kappa shape index (κ3) is 3.82. The number of aryl methyl sites for hydroxylation is 1. The lowest BCUT2D eigenvalue weighted by atomic mass is 9.76. The van der Waals surface area contributed by atoms with E-state index >= 15 is 0 Å². The van der Waals surface area contributed by atoms with Gasteiger partial charge in [0.05, 0.1) is 5.60 Å². The number of unbranched alkanes of at least 4 members (excludes halogenated alkanes) is 5. The number of hydrogen-bond acceptors (Lipinski definition) is 1. The van der Waals surface area contributed by atoms with Crippen molar-refractivity contribution in [3.63, 3.8) is 0 Å². The van der Waals surface area contributed by atoms with Crippen LogP contribution in [0.15, 0.2) is 24.3 Å². The fourth-order valence-corrected chi connectivity index (χ4v) is 3.36. The Morgan fingerprint density at radius 3 is 2.63 bits per heavy atom. The Labute approximate surface area is 118 Å². The third-order valence-corrected chi connectivity index (χ3v) is 4.50. The first-order chi connectivity index (χ1) is 9.26. The molecule has 0 aliphatic heterocycles. The molecular weight excluding hydrogens is 232 g/mol. The fourth-order valence-electron chi connectivity index (χ4n) is 3.36. The van der Waals surface area contributed by atoms with Crippen molar-refractivity contribution in [2.24, 2.45) is 0 Å². The minimum absolute atomic E-state index is 0.542. The number of rotatable bonds is 7. The monoisotopic (exact) mass is 260 g/mol. The second kappa shape index (κ2) is 7.09. The van der Waals surface area contributed by atoms with Gasteiger partial charge in [0, 0.05) is 0 Å². The first kappa shape index (κ1) is 14.6. The molecule has 1 heteroatoms. The van der Waals surface area contributed by atoms with E-state index in [9.17, 15) is 5.11 Å². The van der Waals surface area contributed by atoms with Gasteiger partial charge in [-0.1, -0.05) is 69.7 Å². The molecule has 19 heavy (non-hydrogen) atoms. The molecule has 1 nitrogen and oxygen atoms in total. The molecule has 0 saturated heterocycles. The van der Waals surface area contributed by atoms with Gasteiger partial charge in [-0.25, -0.2) is 0 Å². The van der Waals surface area contributed by atoms with Crippen molar-refractivity contribution < 1.29 is 5.11 Å². The van der Waals surface area contributed by atoms with Crippen molar-refractivity contribution in [1.82, 2.24) is 0 Å². The van der Waals surface area contributed by atoms with Crippen molar-refractivity contribution in [3.8, 4) is 0 Å². The third-order valence-electron chi connectivity index (χ3n) is 4.50. The summed E-state index contributed by atoms with van der Waals surface area (Å²) in [5, 5.41) is 10.9. The predicted octanol–water partition coefficient (Wildman–Crippen LogP) is 4.96. The number of benzene rings is 1. The van der Waals surface area contributed by atoms with Crippen LogP contribution in [0, 0.1) is 0 Å². The van der Waals surface area contributed by atoms with Gasteiger partial charge in [0.25, 0.3) is 0 Å². The SMILES string of the molecule is CCCCCCCCC1(O)CCCc2ccccc21. The van der Waals surface area contributed by atoms with Crippen LogP contribution in [0.5, 0.6) is 0 Å². The molecule has 1 atom stereocenters. The Kier molecular flexibility index (Phi) is 5.45. The molecule has 2 rings (SSSR count). The quantitative estimate of drug-likeness (QED) is 0.687. The normalized spacial score (nSPS) is 22.2. The Morgan fingerprint density at radius 1 is 1.05 bits per heavy atom. The standard InChI is InChI=1S/C18H28O/c1-2-3-4-5-6-9-14-18(19)15-10-12-16-11-7-8-13-17(16)18/h7-8,11,13,19H,2-6,9-10,12,14-15H2,1H3. The highest BCUT2D eigenvalue weighted by molar-refractivity contribution is 5.34. The van der Waals surface area contributed by atoms with Gasteiger partial charge in [-0.2, -0.15) is 0 Å². The zero-order valence-corrected chi connectivity index (χ0v) is 12.3. The second-order valence-corrected chi connectivity index (χ2v) is 6.06. The maximum atomic E-state index is 10.9. The Hall–Kier alpha value is -0.820. The molecule has 0 heterocycles. The smallest absolute Gasteiger partial charge is 0.0899 e. The lowest BCUT2D eigenvalue weighted by Crippen LogP contribution is -2.30.